The average molecular weight is 394 g/mol. The van der Waals surface area contributed by atoms with Crippen LogP contribution in [0.4, 0.5) is 5.13 Å². The molecule has 5 rings (SSSR count). The van der Waals surface area contributed by atoms with Crippen molar-refractivity contribution in [1.29, 1.82) is 0 Å². The summed E-state index contributed by atoms with van der Waals surface area (Å²) in [6, 6.07) is 28.8. The van der Waals surface area contributed by atoms with E-state index < -0.39 is 0 Å². The zero-order valence-electron chi connectivity index (χ0n) is 15.6. The molecular formula is C25H18N2OS. The lowest BCUT2D eigenvalue weighted by molar-refractivity contribution is -0.115. The maximum Gasteiger partial charge on any atom is 0.230 e. The number of anilines is 1. The Morgan fingerprint density at radius 2 is 1.45 bits per heavy atom. The van der Waals surface area contributed by atoms with Gasteiger partial charge in [0, 0.05) is 10.9 Å². The van der Waals surface area contributed by atoms with Gasteiger partial charge in [-0.15, -0.1) is 11.3 Å². The van der Waals surface area contributed by atoms with E-state index in [2.05, 4.69) is 64.9 Å². The highest BCUT2D eigenvalue weighted by atomic mass is 32.1. The molecule has 1 N–H and O–H groups in total. The Hall–Kier alpha value is -3.50. The predicted octanol–water partition coefficient (Wildman–Crippen LogP) is 6.30. The number of hydrogen-bond donors (Lipinski definition) is 1. The van der Waals surface area contributed by atoms with Crippen molar-refractivity contribution in [3.63, 3.8) is 0 Å². The van der Waals surface area contributed by atoms with Crippen molar-refractivity contribution in [1.82, 2.24) is 4.98 Å². The van der Waals surface area contributed by atoms with E-state index in [1.54, 1.807) is 0 Å². The fourth-order valence-corrected chi connectivity index (χ4v) is 4.25. The van der Waals surface area contributed by atoms with Gasteiger partial charge in [0.05, 0.1) is 12.1 Å². The van der Waals surface area contributed by atoms with Crippen LogP contribution in [0.5, 0.6) is 0 Å². The highest BCUT2D eigenvalue weighted by molar-refractivity contribution is 7.14. The van der Waals surface area contributed by atoms with Gasteiger partial charge in [-0.3, -0.25) is 4.79 Å². The summed E-state index contributed by atoms with van der Waals surface area (Å²) in [7, 11) is 0. The van der Waals surface area contributed by atoms with E-state index in [1.807, 2.05) is 35.7 Å². The molecule has 4 aromatic carbocycles. The smallest absolute Gasteiger partial charge is 0.230 e. The molecule has 0 bridgehead atoms. The Bertz CT molecular complexity index is 1340. The number of benzene rings is 4. The number of carbonyl (C=O) groups is 1. The number of hydrogen-bond acceptors (Lipinski definition) is 3. The van der Waals surface area contributed by atoms with E-state index in [1.165, 1.54) is 27.5 Å². The molecule has 5 aromatic rings. The van der Waals surface area contributed by atoms with E-state index >= 15 is 0 Å². The number of fused-ring (bicyclic) bond motifs is 2. The van der Waals surface area contributed by atoms with Crippen LogP contribution >= 0.6 is 11.3 Å². The number of rotatable bonds is 4. The minimum absolute atomic E-state index is 0.0558. The summed E-state index contributed by atoms with van der Waals surface area (Å²) in [5, 5.41) is 10.2. The zero-order valence-corrected chi connectivity index (χ0v) is 16.4. The number of nitrogens with one attached hydrogen (secondary N) is 1. The van der Waals surface area contributed by atoms with Gasteiger partial charge in [0.2, 0.25) is 5.91 Å². The van der Waals surface area contributed by atoms with Crippen molar-refractivity contribution in [2.75, 3.05) is 5.32 Å². The second-order valence-electron chi connectivity index (χ2n) is 7.01. The first-order chi connectivity index (χ1) is 14.2. The third kappa shape index (κ3) is 3.75. The van der Waals surface area contributed by atoms with Gasteiger partial charge in [-0.05, 0) is 33.2 Å². The quantitative estimate of drug-likeness (QED) is 0.389. The van der Waals surface area contributed by atoms with E-state index in [9.17, 15) is 4.79 Å². The molecule has 0 aliphatic heterocycles. The summed E-state index contributed by atoms with van der Waals surface area (Å²) in [5.41, 5.74) is 2.92. The molecule has 0 atom stereocenters. The maximum absolute atomic E-state index is 12.5. The molecule has 0 radical (unpaired) electrons. The molecule has 0 aliphatic carbocycles. The highest BCUT2D eigenvalue weighted by Gasteiger charge is 2.10. The van der Waals surface area contributed by atoms with Crippen LogP contribution in [0.25, 0.3) is 32.8 Å². The Kier molecular flexibility index (Phi) is 4.54. The van der Waals surface area contributed by atoms with Gasteiger partial charge in [-0.1, -0.05) is 78.9 Å². The summed E-state index contributed by atoms with van der Waals surface area (Å²) in [5.74, 6) is -0.0558. The van der Waals surface area contributed by atoms with Crippen LogP contribution in [0.3, 0.4) is 0 Å². The molecule has 1 heterocycles. The van der Waals surface area contributed by atoms with E-state index in [0.29, 0.717) is 11.6 Å². The SMILES string of the molecule is O=C(Cc1ccc2ccccc2c1)Nc1nc(-c2ccc3ccccc3c2)cs1. The molecule has 140 valence electrons. The molecular weight excluding hydrogens is 376 g/mol. The van der Waals surface area contributed by atoms with Crippen LogP contribution in [-0.2, 0) is 11.2 Å². The van der Waals surface area contributed by atoms with Crippen molar-refractivity contribution in [3.05, 3.63) is 95.9 Å². The second-order valence-corrected chi connectivity index (χ2v) is 7.86. The number of aromatic nitrogens is 1. The molecule has 0 saturated carbocycles. The standard InChI is InChI=1S/C25H18N2OS/c28-24(14-17-9-10-18-5-1-3-7-20(18)13-17)27-25-26-23(16-29-25)22-12-11-19-6-2-4-8-21(19)15-22/h1-13,15-16H,14H2,(H,26,27,28). The first kappa shape index (κ1) is 17.6. The van der Waals surface area contributed by atoms with Crippen molar-refractivity contribution < 1.29 is 4.79 Å². The van der Waals surface area contributed by atoms with Crippen LogP contribution in [0.2, 0.25) is 0 Å². The van der Waals surface area contributed by atoms with Gasteiger partial charge in [0.15, 0.2) is 5.13 Å². The minimum atomic E-state index is -0.0558. The fourth-order valence-electron chi connectivity index (χ4n) is 3.51. The molecule has 0 aliphatic rings. The Labute approximate surface area is 172 Å². The highest BCUT2D eigenvalue weighted by Crippen LogP contribution is 2.28. The van der Waals surface area contributed by atoms with Crippen LogP contribution in [0.1, 0.15) is 5.56 Å². The second kappa shape index (κ2) is 7.49. The molecule has 0 fully saturated rings. The molecule has 0 saturated heterocycles. The van der Waals surface area contributed by atoms with Gasteiger partial charge >= 0.3 is 0 Å². The van der Waals surface area contributed by atoms with E-state index in [0.717, 1.165) is 22.2 Å². The predicted molar refractivity (Wildman–Crippen MR) is 121 cm³/mol. The third-order valence-electron chi connectivity index (χ3n) is 4.97. The average Bonchev–Trinajstić information content (AvgIpc) is 3.21. The van der Waals surface area contributed by atoms with Gasteiger partial charge in [-0.25, -0.2) is 4.98 Å². The normalized spacial score (nSPS) is 11.0. The molecule has 3 nitrogen and oxygen atoms in total. The molecule has 0 unspecified atom stereocenters. The van der Waals surface area contributed by atoms with Gasteiger partial charge in [-0.2, -0.15) is 0 Å². The Balaban J connectivity index is 1.31. The first-order valence-corrected chi connectivity index (χ1v) is 10.3. The van der Waals surface area contributed by atoms with Crippen LogP contribution in [0.15, 0.2) is 90.3 Å². The third-order valence-corrected chi connectivity index (χ3v) is 5.73. The molecule has 1 aromatic heterocycles. The van der Waals surface area contributed by atoms with Crippen molar-refractivity contribution in [2.45, 2.75) is 6.42 Å². The van der Waals surface area contributed by atoms with Crippen LogP contribution in [0, 0.1) is 0 Å². The number of nitrogens with zero attached hydrogens (tertiary/aromatic N) is 1. The zero-order chi connectivity index (χ0) is 19.6. The molecule has 29 heavy (non-hydrogen) atoms. The summed E-state index contributed by atoms with van der Waals surface area (Å²) in [6.07, 6.45) is 0.329. The lowest BCUT2D eigenvalue weighted by Gasteiger charge is -2.04. The van der Waals surface area contributed by atoms with Gasteiger partial charge in [0.1, 0.15) is 0 Å². The number of carbonyl (C=O) groups excluding carboxylic acids is 1. The number of amides is 1. The first-order valence-electron chi connectivity index (χ1n) is 9.47. The summed E-state index contributed by atoms with van der Waals surface area (Å²) >= 11 is 1.45. The number of thiazole rings is 1. The van der Waals surface area contributed by atoms with Gasteiger partial charge in [0.25, 0.3) is 0 Å². The van der Waals surface area contributed by atoms with Crippen LogP contribution in [-0.4, -0.2) is 10.9 Å². The monoisotopic (exact) mass is 394 g/mol. The van der Waals surface area contributed by atoms with E-state index in [-0.39, 0.29) is 5.91 Å². The Morgan fingerprint density at radius 3 is 2.21 bits per heavy atom. The lowest BCUT2D eigenvalue weighted by atomic mass is 10.1. The van der Waals surface area contributed by atoms with Crippen molar-refractivity contribution >= 4 is 43.9 Å². The fraction of sp³-hybridized carbons (Fsp3) is 0.0400. The summed E-state index contributed by atoms with van der Waals surface area (Å²) < 4.78 is 0. The lowest BCUT2D eigenvalue weighted by Crippen LogP contribution is -2.14. The van der Waals surface area contributed by atoms with Crippen molar-refractivity contribution in [3.8, 4) is 11.3 Å². The summed E-state index contributed by atoms with van der Waals surface area (Å²) in [6.45, 7) is 0. The van der Waals surface area contributed by atoms with Crippen LogP contribution < -0.4 is 5.32 Å². The van der Waals surface area contributed by atoms with Crippen molar-refractivity contribution in [2.24, 2.45) is 0 Å². The van der Waals surface area contributed by atoms with Gasteiger partial charge < -0.3 is 5.32 Å². The molecule has 1 amide bonds. The topological polar surface area (TPSA) is 42.0 Å². The molecule has 4 heteroatoms. The largest absolute Gasteiger partial charge is 0.302 e. The van der Waals surface area contributed by atoms with E-state index in [4.69, 9.17) is 0 Å². The maximum atomic E-state index is 12.5. The summed E-state index contributed by atoms with van der Waals surface area (Å²) in [4.78, 5) is 17.1. The minimum Gasteiger partial charge on any atom is -0.302 e. The molecule has 0 spiro atoms. The Morgan fingerprint density at radius 1 is 0.793 bits per heavy atom.